The normalized spacial score (nSPS) is 21.2. The van der Waals surface area contributed by atoms with Crippen molar-refractivity contribution >= 4 is 21.8 Å². The van der Waals surface area contributed by atoms with Crippen LogP contribution in [0.25, 0.3) is 11.3 Å². The molecule has 36 heavy (non-hydrogen) atoms. The number of aromatic nitrogens is 2. The first-order valence-electron chi connectivity index (χ1n) is 11.9. The molecule has 0 bridgehead atoms. The average molecular weight is 521 g/mol. The summed E-state index contributed by atoms with van der Waals surface area (Å²) in [7, 11) is -4.04. The van der Waals surface area contributed by atoms with Gasteiger partial charge in [0.25, 0.3) is 5.91 Å². The maximum atomic E-state index is 14.8. The molecule has 0 saturated carbocycles. The molecule has 4 heterocycles. The molecular weight excluding hydrogens is 491 g/mol. The SMILES string of the molecule is CC(C)(C)OC(=O)N1CC[C@H](n2nc(C(=O)N3CCOCC3)c3c2-c2cccc(F)c2S(=O)(=O)C3)C1. The zero-order chi connectivity index (χ0) is 25.8. The van der Waals surface area contributed by atoms with E-state index >= 15 is 0 Å². The summed E-state index contributed by atoms with van der Waals surface area (Å²) in [5.74, 6) is -1.75. The van der Waals surface area contributed by atoms with Crippen molar-refractivity contribution in [2.45, 2.75) is 49.5 Å². The Labute approximate surface area is 208 Å². The van der Waals surface area contributed by atoms with E-state index in [1.165, 1.54) is 12.1 Å². The standard InChI is InChI=1S/C24H29FN4O6S/c1-24(2,3)35-23(31)28-8-7-15(13-28)29-20-16-5-4-6-18(25)21(16)36(32,33)14-17(20)19(26-29)22(30)27-9-11-34-12-10-27/h4-6,15H,7-14H2,1-3H3/t15-/m0/s1. The lowest BCUT2D eigenvalue weighted by atomic mass is 10.0. The van der Waals surface area contributed by atoms with Gasteiger partial charge in [0.2, 0.25) is 0 Å². The topological polar surface area (TPSA) is 111 Å². The highest BCUT2D eigenvalue weighted by Gasteiger charge is 2.41. The van der Waals surface area contributed by atoms with Crippen molar-refractivity contribution in [1.29, 1.82) is 0 Å². The van der Waals surface area contributed by atoms with E-state index < -0.39 is 33.1 Å². The van der Waals surface area contributed by atoms with Crippen LogP contribution >= 0.6 is 0 Å². The Balaban J connectivity index is 1.59. The number of carbonyl (C=O) groups excluding carboxylic acids is 2. The second kappa shape index (κ2) is 8.84. The van der Waals surface area contributed by atoms with Crippen LogP contribution in [0.15, 0.2) is 23.1 Å². The van der Waals surface area contributed by atoms with E-state index in [9.17, 15) is 22.4 Å². The molecule has 12 heteroatoms. The molecule has 194 valence electrons. The fourth-order valence-corrected chi connectivity index (χ4v) is 6.61. The minimum Gasteiger partial charge on any atom is -0.444 e. The lowest BCUT2D eigenvalue weighted by Gasteiger charge is -2.26. The summed E-state index contributed by atoms with van der Waals surface area (Å²) in [6, 6.07) is 3.76. The number of carbonyl (C=O) groups is 2. The van der Waals surface area contributed by atoms with Crippen LogP contribution in [0.3, 0.4) is 0 Å². The molecule has 2 amide bonds. The molecule has 3 aliphatic heterocycles. The Morgan fingerprint density at radius 2 is 1.86 bits per heavy atom. The molecule has 0 radical (unpaired) electrons. The molecule has 0 spiro atoms. The summed E-state index contributed by atoms with van der Waals surface area (Å²) in [6.07, 6.45) is 0.0697. The van der Waals surface area contributed by atoms with Gasteiger partial charge in [-0.1, -0.05) is 12.1 Å². The van der Waals surface area contributed by atoms with Crippen LogP contribution in [0.5, 0.6) is 0 Å². The summed E-state index contributed by atoms with van der Waals surface area (Å²) in [5, 5.41) is 4.63. The lowest BCUT2D eigenvalue weighted by Crippen LogP contribution is -2.41. The Hall–Kier alpha value is -2.99. The van der Waals surface area contributed by atoms with Gasteiger partial charge in [-0.3, -0.25) is 9.48 Å². The summed E-state index contributed by atoms with van der Waals surface area (Å²) in [6.45, 7) is 7.56. The third-order valence-electron chi connectivity index (χ3n) is 6.54. The zero-order valence-corrected chi connectivity index (χ0v) is 21.3. The van der Waals surface area contributed by atoms with Gasteiger partial charge in [-0.25, -0.2) is 17.6 Å². The maximum absolute atomic E-state index is 14.8. The fourth-order valence-electron chi connectivity index (χ4n) is 4.95. The van der Waals surface area contributed by atoms with Crippen LogP contribution in [-0.4, -0.2) is 85.0 Å². The van der Waals surface area contributed by atoms with Crippen molar-refractivity contribution in [3.05, 3.63) is 35.3 Å². The van der Waals surface area contributed by atoms with Crippen molar-refractivity contribution in [3.63, 3.8) is 0 Å². The quantitative estimate of drug-likeness (QED) is 0.599. The van der Waals surface area contributed by atoms with Crippen LogP contribution in [0.4, 0.5) is 9.18 Å². The van der Waals surface area contributed by atoms with E-state index in [2.05, 4.69) is 5.10 Å². The number of hydrogen-bond acceptors (Lipinski definition) is 7. The van der Waals surface area contributed by atoms with Crippen LogP contribution in [-0.2, 0) is 25.1 Å². The minimum atomic E-state index is -4.04. The largest absolute Gasteiger partial charge is 0.444 e. The molecule has 0 unspecified atom stereocenters. The number of ether oxygens (including phenoxy) is 2. The number of likely N-dealkylation sites (tertiary alicyclic amines) is 1. The monoisotopic (exact) mass is 520 g/mol. The van der Waals surface area contributed by atoms with E-state index in [-0.39, 0.29) is 40.2 Å². The molecule has 1 aromatic carbocycles. The van der Waals surface area contributed by atoms with Gasteiger partial charge in [-0.15, -0.1) is 0 Å². The molecule has 1 atom stereocenters. The average Bonchev–Trinajstić information content (AvgIpc) is 3.43. The van der Waals surface area contributed by atoms with Crippen LogP contribution in [0.2, 0.25) is 0 Å². The number of benzene rings is 1. The second-order valence-electron chi connectivity index (χ2n) is 10.3. The first-order valence-corrected chi connectivity index (χ1v) is 13.6. The van der Waals surface area contributed by atoms with E-state index in [4.69, 9.17) is 9.47 Å². The van der Waals surface area contributed by atoms with Crippen LogP contribution < -0.4 is 0 Å². The van der Waals surface area contributed by atoms with Crippen molar-refractivity contribution in [3.8, 4) is 11.3 Å². The Morgan fingerprint density at radius 3 is 2.56 bits per heavy atom. The third-order valence-corrected chi connectivity index (χ3v) is 8.24. The van der Waals surface area contributed by atoms with Gasteiger partial charge >= 0.3 is 6.09 Å². The molecule has 2 saturated heterocycles. The highest BCUT2D eigenvalue weighted by Crippen LogP contribution is 2.43. The van der Waals surface area contributed by atoms with Gasteiger partial charge < -0.3 is 19.3 Å². The summed E-state index contributed by atoms with van der Waals surface area (Å²) >= 11 is 0. The predicted octanol–water partition coefficient (Wildman–Crippen LogP) is 2.63. The van der Waals surface area contributed by atoms with Gasteiger partial charge in [0.05, 0.1) is 30.7 Å². The molecular formula is C24H29FN4O6S. The predicted molar refractivity (Wildman–Crippen MR) is 127 cm³/mol. The number of nitrogens with zero attached hydrogens (tertiary/aromatic N) is 4. The molecule has 5 rings (SSSR count). The second-order valence-corrected chi connectivity index (χ2v) is 12.2. The zero-order valence-electron chi connectivity index (χ0n) is 20.5. The van der Waals surface area contributed by atoms with Gasteiger partial charge in [0.15, 0.2) is 15.5 Å². The first kappa shape index (κ1) is 24.7. The van der Waals surface area contributed by atoms with E-state index in [1.54, 1.807) is 35.3 Å². The van der Waals surface area contributed by atoms with Crippen molar-refractivity contribution in [2.75, 3.05) is 39.4 Å². The molecule has 0 N–H and O–H groups in total. The molecule has 1 aromatic heterocycles. The van der Waals surface area contributed by atoms with E-state index in [0.29, 0.717) is 45.0 Å². The fraction of sp³-hybridized carbons (Fsp3) is 0.542. The van der Waals surface area contributed by atoms with Crippen molar-refractivity contribution in [2.24, 2.45) is 0 Å². The highest BCUT2D eigenvalue weighted by atomic mass is 32.2. The Morgan fingerprint density at radius 1 is 1.14 bits per heavy atom. The number of fused-ring (bicyclic) bond motifs is 3. The van der Waals surface area contributed by atoms with Crippen LogP contribution in [0, 0.1) is 5.82 Å². The van der Waals surface area contributed by atoms with Gasteiger partial charge in [-0.05, 0) is 33.3 Å². The molecule has 0 aliphatic carbocycles. The number of hydrogen-bond donors (Lipinski definition) is 0. The Kier molecular flexibility index (Phi) is 6.06. The smallest absolute Gasteiger partial charge is 0.410 e. The number of sulfone groups is 1. The first-order chi connectivity index (χ1) is 17.0. The van der Waals surface area contributed by atoms with E-state index in [1.807, 2.05) is 0 Å². The summed E-state index contributed by atoms with van der Waals surface area (Å²) < 4.78 is 53.5. The highest BCUT2D eigenvalue weighted by molar-refractivity contribution is 7.91. The Bertz CT molecular complexity index is 1330. The number of rotatable bonds is 2. The third kappa shape index (κ3) is 4.36. The molecule has 2 fully saturated rings. The molecule has 10 nitrogen and oxygen atoms in total. The minimum absolute atomic E-state index is 0.0427. The van der Waals surface area contributed by atoms with Gasteiger partial charge in [-0.2, -0.15) is 5.10 Å². The lowest BCUT2D eigenvalue weighted by molar-refractivity contribution is 0.0284. The summed E-state index contributed by atoms with van der Waals surface area (Å²) in [4.78, 5) is 28.9. The maximum Gasteiger partial charge on any atom is 0.410 e. The molecule has 3 aliphatic rings. The number of morpholine rings is 1. The van der Waals surface area contributed by atoms with Gasteiger partial charge in [0, 0.05) is 37.3 Å². The molecule has 2 aromatic rings. The number of halogens is 1. The van der Waals surface area contributed by atoms with Crippen molar-refractivity contribution in [1.82, 2.24) is 19.6 Å². The van der Waals surface area contributed by atoms with Gasteiger partial charge in [0.1, 0.15) is 16.3 Å². The van der Waals surface area contributed by atoms with Crippen LogP contribution in [0.1, 0.15) is 49.3 Å². The van der Waals surface area contributed by atoms with E-state index in [0.717, 1.165) is 6.07 Å². The van der Waals surface area contributed by atoms with Crippen molar-refractivity contribution < 1.29 is 31.9 Å². The number of amides is 2. The summed E-state index contributed by atoms with van der Waals surface area (Å²) in [5.41, 5.74) is 0.247.